The number of rotatable bonds is 7. The average molecular weight is 350 g/mol. The molecule has 1 aromatic heterocycles. The lowest BCUT2D eigenvalue weighted by atomic mass is 10.2. The van der Waals surface area contributed by atoms with Crippen LogP contribution in [0.3, 0.4) is 0 Å². The third-order valence-corrected chi connectivity index (χ3v) is 4.52. The van der Waals surface area contributed by atoms with E-state index in [1.165, 1.54) is 5.56 Å². The molecule has 5 heteroatoms. The predicted octanol–water partition coefficient (Wildman–Crippen LogP) is 2.03. The Balaban J connectivity index is 1.33. The van der Waals surface area contributed by atoms with Gasteiger partial charge in [-0.05, 0) is 17.2 Å². The van der Waals surface area contributed by atoms with Crippen LogP contribution in [0.1, 0.15) is 11.1 Å². The molecule has 0 bridgehead atoms. The van der Waals surface area contributed by atoms with Gasteiger partial charge in [-0.2, -0.15) is 0 Å². The minimum absolute atomic E-state index is 0.0753. The van der Waals surface area contributed by atoms with Gasteiger partial charge in [0.2, 0.25) is 5.91 Å². The van der Waals surface area contributed by atoms with Gasteiger partial charge in [0, 0.05) is 51.7 Å². The van der Waals surface area contributed by atoms with E-state index in [0.717, 1.165) is 38.3 Å². The Kier molecular flexibility index (Phi) is 6.93. The second kappa shape index (κ2) is 9.85. The minimum atomic E-state index is 0.0753. The average Bonchev–Trinajstić information content (AvgIpc) is 2.69. The summed E-state index contributed by atoms with van der Waals surface area (Å²) in [5, 5.41) is 2.96. The molecule has 1 aromatic carbocycles. The molecule has 0 aliphatic carbocycles. The van der Waals surface area contributed by atoms with Crippen molar-refractivity contribution in [3.8, 4) is 0 Å². The van der Waals surface area contributed by atoms with Crippen LogP contribution in [0, 0.1) is 0 Å². The summed E-state index contributed by atoms with van der Waals surface area (Å²) in [6.45, 7) is 5.81. The number of aromatic nitrogens is 1. The van der Waals surface area contributed by atoms with E-state index in [0.29, 0.717) is 13.1 Å². The first-order valence-corrected chi connectivity index (χ1v) is 9.11. The van der Waals surface area contributed by atoms with Crippen molar-refractivity contribution in [2.24, 2.45) is 0 Å². The maximum Gasteiger partial charge on any atom is 0.234 e. The molecule has 1 N–H and O–H groups in total. The van der Waals surface area contributed by atoms with E-state index >= 15 is 0 Å². The molecule has 1 fully saturated rings. The molecule has 5 nitrogen and oxygen atoms in total. The summed E-state index contributed by atoms with van der Waals surface area (Å²) in [7, 11) is 0. The number of benzene rings is 1. The molecule has 2 heterocycles. The highest BCUT2D eigenvalue weighted by Gasteiger charge is 2.17. The highest BCUT2D eigenvalue weighted by Crippen LogP contribution is 2.04. The van der Waals surface area contributed by atoms with Gasteiger partial charge in [-0.1, -0.05) is 48.6 Å². The Bertz CT molecular complexity index is 694. The maximum absolute atomic E-state index is 12.1. The standard InChI is InChI=1S/C21H26N4O/c26-21(23-17-20-8-4-10-22-16-20)18-25-14-12-24(13-15-25)11-5-9-19-6-2-1-3-7-19/h1-10,16H,11-15,17-18H2,(H,23,26)/b9-5+. The molecule has 136 valence electrons. The molecule has 1 aliphatic heterocycles. The van der Waals surface area contributed by atoms with Gasteiger partial charge in [0.25, 0.3) is 0 Å². The smallest absolute Gasteiger partial charge is 0.234 e. The van der Waals surface area contributed by atoms with Gasteiger partial charge in [0.05, 0.1) is 6.54 Å². The van der Waals surface area contributed by atoms with Crippen molar-refractivity contribution in [1.82, 2.24) is 20.1 Å². The fraction of sp³-hybridized carbons (Fsp3) is 0.333. The van der Waals surface area contributed by atoms with Crippen LogP contribution in [0.5, 0.6) is 0 Å². The number of nitrogens with one attached hydrogen (secondary N) is 1. The van der Waals surface area contributed by atoms with Crippen molar-refractivity contribution in [2.75, 3.05) is 39.3 Å². The first kappa shape index (κ1) is 18.3. The Morgan fingerprint density at radius 3 is 2.54 bits per heavy atom. The van der Waals surface area contributed by atoms with E-state index < -0.39 is 0 Å². The Morgan fingerprint density at radius 1 is 1.04 bits per heavy atom. The van der Waals surface area contributed by atoms with Crippen LogP contribution < -0.4 is 5.32 Å². The van der Waals surface area contributed by atoms with Crippen LogP contribution in [0.4, 0.5) is 0 Å². The Hall–Kier alpha value is -2.50. The number of nitrogens with zero attached hydrogens (tertiary/aromatic N) is 3. The number of carbonyl (C=O) groups excluding carboxylic acids is 1. The normalized spacial score (nSPS) is 16.0. The zero-order valence-corrected chi connectivity index (χ0v) is 15.1. The largest absolute Gasteiger partial charge is 0.351 e. The lowest BCUT2D eigenvalue weighted by molar-refractivity contribution is -0.122. The third-order valence-electron chi connectivity index (χ3n) is 4.52. The van der Waals surface area contributed by atoms with Gasteiger partial charge in [0.1, 0.15) is 0 Å². The summed E-state index contributed by atoms with van der Waals surface area (Å²) in [5.74, 6) is 0.0753. The number of amides is 1. The van der Waals surface area contributed by atoms with Crippen molar-refractivity contribution in [3.05, 3.63) is 72.1 Å². The van der Waals surface area contributed by atoms with Crippen molar-refractivity contribution < 1.29 is 4.79 Å². The summed E-state index contributed by atoms with van der Waals surface area (Å²) in [6.07, 6.45) is 7.89. The molecule has 0 radical (unpaired) electrons. The minimum Gasteiger partial charge on any atom is -0.351 e. The molecule has 0 spiro atoms. The number of hydrogen-bond acceptors (Lipinski definition) is 4. The van der Waals surface area contributed by atoms with Crippen LogP contribution in [-0.4, -0.2) is 60.0 Å². The quantitative estimate of drug-likeness (QED) is 0.830. The second-order valence-corrected chi connectivity index (χ2v) is 6.53. The van der Waals surface area contributed by atoms with Crippen LogP contribution in [-0.2, 0) is 11.3 Å². The molecule has 1 saturated heterocycles. The zero-order valence-electron chi connectivity index (χ0n) is 15.1. The van der Waals surface area contributed by atoms with E-state index in [2.05, 4.69) is 56.5 Å². The fourth-order valence-corrected chi connectivity index (χ4v) is 2.99. The molecule has 1 amide bonds. The molecule has 0 atom stereocenters. The molecule has 0 unspecified atom stereocenters. The van der Waals surface area contributed by atoms with E-state index in [-0.39, 0.29) is 5.91 Å². The summed E-state index contributed by atoms with van der Waals surface area (Å²) >= 11 is 0. The van der Waals surface area contributed by atoms with Gasteiger partial charge >= 0.3 is 0 Å². The highest BCUT2D eigenvalue weighted by molar-refractivity contribution is 5.78. The monoisotopic (exact) mass is 350 g/mol. The van der Waals surface area contributed by atoms with Gasteiger partial charge in [-0.25, -0.2) is 0 Å². The van der Waals surface area contributed by atoms with Crippen LogP contribution >= 0.6 is 0 Å². The maximum atomic E-state index is 12.1. The predicted molar refractivity (Wildman–Crippen MR) is 104 cm³/mol. The lowest BCUT2D eigenvalue weighted by Crippen LogP contribution is -2.49. The molecule has 1 aliphatic rings. The second-order valence-electron chi connectivity index (χ2n) is 6.53. The number of hydrogen-bond donors (Lipinski definition) is 1. The Morgan fingerprint density at radius 2 is 1.81 bits per heavy atom. The highest BCUT2D eigenvalue weighted by atomic mass is 16.2. The summed E-state index contributed by atoms with van der Waals surface area (Å²) in [4.78, 5) is 20.8. The zero-order chi connectivity index (χ0) is 18.0. The first-order valence-electron chi connectivity index (χ1n) is 9.11. The summed E-state index contributed by atoms with van der Waals surface area (Å²) in [6, 6.07) is 14.2. The van der Waals surface area contributed by atoms with Gasteiger partial charge in [-0.3, -0.25) is 19.6 Å². The van der Waals surface area contributed by atoms with E-state index in [9.17, 15) is 4.79 Å². The fourth-order valence-electron chi connectivity index (χ4n) is 2.99. The van der Waals surface area contributed by atoms with Crippen LogP contribution in [0.25, 0.3) is 6.08 Å². The molecule has 2 aromatic rings. The molecule has 0 saturated carbocycles. The van der Waals surface area contributed by atoms with Gasteiger partial charge in [0.15, 0.2) is 0 Å². The summed E-state index contributed by atoms with van der Waals surface area (Å²) < 4.78 is 0. The lowest BCUT2D eigenvalue weighted by Gasteiger charge is -2.33. The van der Waals surface area contributed by atoms with Gasteiger partial charge in [-0.15, -0.1) is 0 Å². The topological polar surface area (TPSA) is 48.5 Å². The molecule has 3 rings (SSSR count). The van der Waals surface area contributed by atoms with E-state index in [1.54, 1.807) is 12.4 Å². The summed E-state index contributed by atoms with van der Waals surface area (Å²) in [5.41, 5.74) is 2.26. The first-order chi connectivity index (χ1) is 12.8. The SMILES string of the molecule is O=C(CN1CCN(C/C=C/c2ccccc2)CC1)NCc1cccnc1. The molecule has 26 heavy (non-hydrogen) atoms. The number of piperazine rings is 1. The van der Waals surface area contributed by atoms with Crippen molar-refractivity contribution in [3.63, 3.8) is 0 Å². The number of pyridine rings is 1. The van der Waals surface area contributed by atoms with Crippen molar-refractivity contribution in [1.29, 1.82) is 0 Å². The van der Waals surface area contributed by atoms with E-state index in [1.807, 2.05) is 18.2 Å². The third kappa shape index (κ3) is 6.10. The van der Waals surface area contributed by atoms with Crippen molar-refractivity contribution >= 4 is 12.0 Å². The van der Waals surface area contributed by atoms with Crippen LogP contribution in [0.2, 0.25) is 0 Å². The molecular weight excluding hydrogens is 324 g/mol. The van der Waals surface area contributed by atoms with E-state index in [4.69, 9.17) is 0 Å². The number of carbonyl (C=O) groups is 1. The van der Waals surface area contributed by atoms with Gasteiger partial charge < -0.3 is 5.32 Å². The van der Waals surface area contributed by atoms with Crippen molar-refractivity contribution in [2.45, 2.75) is 6.54 Å². The molecular formula is C21H26N4O. The Labute approximate surface area is 155 Å². The van der Waals surface area contributed by atoms with Crippen LogP contribution in [0.15, 0.2) is 60.9 Å².